The minimum absolute atomic E-state index is 0.101. The second-order valence-electron chi connectivity index (χ2n) is 7.66. The van der Waals surface area contributed by atoms with Gasteiger partial charge in [-0.2, -0.15) is 4.98 Å². The maximum atomic E-state index is 13.3. The Morgan fingerprint density at radius 1 is 0.938 bits per heavy atom. The Balaban J connectivity index is 1.22. The van der Waals surface area contributed by atoms with Crippen LogP contribution >= 0.6 is 0 Å². The fraction of sp³-hybridized carbons (Fsp3) is 0.160. The van der Waals surface area contributed by atoms with Gasteiger partial charge in [-0.3, -0.25) is 4.79 Å². The summed E-state index contributed by atoms with van der Waals surface area (Å²) in [5, 5.41) is 6.42. The topological polar surface area (TPSA) is 62.5 Å². The zero-order valence-corrected chi connectivity index (χ0v) is 17.3. The summed E-state index contributed by atoms with van der Waals surface area (Å²) in [6.07, 6.45) is 3.11. The van der Waals surface area contributed by atoms with Crippen LogP contribution in [0.4, 0.5) is 10.4 Å². The summed E-state index contributed by atoms with van der Waals surface area (Å²) in [5.74, 6) is 0.120. The number of rotatable bonds is 4. The number of aromatic nitrogens is 2. The molecule has 32 heavy (non-hydrogen) atoms. The first kappa shape index (κ1) is 19.9. The van der Waals surface area contributed by atoms with E-state index in [9.17, 15) is 9.18 Å². The Labute approximate surface area is 184 Å². The second kappa shape index (κ2) is 8.63. The van der Waals surface area contributed by atoms with Crippen molar-refractivity contribution in [2.24, 2.45) is 0 Å². The molecule has 1 fully saturated rings. The van der Waals surface area contributed by atoms with Gasteiger partial charge in [-0.15, -0.1) is 0 Å². The van der Waals surface area contributed by atoms with Crippen molar-refractivity contribution in [3.05, 3.63) is 84.2 Å². The van der Waals surface area contributed by atoms with Crippen LogP contribution in [-0.2, 0) is 4.79 Å². The van der Waals surface area contributed by atoms with Gasteiger partial charge < -0.3 is 14.3 Å². The first-order valence-electron chi connectivity index (χ1n) is 10.5. The number of anilines is 1. The van der Waals surface area contributed by atoms with Crippen molar-refractivity contribution < 1.29 is 13.7 Å². The summed E-state index contributed by atoms with van der Waals surface area (Å²) in [4.78, 5) is 20.8. The van der Waals surface area contributed by atoms with E-state index in [4.69, 9.17) is 4.52 Å². The molecule has 3 aromatic carbocycles. The van der Waals surface area contributed by atoms with Crippen LogP contribution in [0.5, 0.6) is 0 Å². The number of nitrogens with zero attached hydrogens (tertiary/aromatic N) is 4. The molecule has 1 aliphatic heterocycles. The summed E-state index contributed by atoms with van der Waals surface area (Å²) >= 11 is 0. The number of carbonyl (C=O) groups is 1. The van der Waals surface area contributed by atoms with Gasteiger partial charge in [0.1, 0.15) is 5.82 Å². The summed E-state index contributed by atoms with van der Waals surface area (Å²) in [6.45, 7) is 2.28. The van der Waals surface area contributed by atoms with E-state index in [1.807, 2.05) is 35.2 Å². The minimum Gasteiger partial charge on any atom is -0.336 e. The van der Waals surface area contributed by atoms with Crippen LogP contribution in [0.2, 0.25) is 0 Å². The van der Waals surface area contributed by atoms with Crippen LogP contribution in [0.3, 0.4) is 0 Å². The van der Waals surface area contributed by atoms with Crippen LogP contribution < -0.4 is 4.90 Å². The molecular weight excluding hydrogens is 407 g/mol. The van der Waals surface area contributed by atoms with E-state index >= 15 is 0 Å². The molecule has 0 saturated carbocycles. The SMILES string of the molecule is O=C(/C=C/c1cccc(F)c1)N1CCN(c2nc(-c3ccc4ccccc4c3)no2)CC1. The van der Waals surface area contributed by atoms with E-state index in [0.29, 0.717) is 43.6 Å². The third-order valence-electron chi connectivity index (χ3n) is 5.55. The van der Waals surface area contributed by atoms with E-state index in [-0.39, 0.29) is 11.7 Å². The van der Waals surface area contributed by atoms with Crippen molar-refractivity contribution in [3.63, 3.8) is 0 Å². The van der Waals surface area contributed by atoms with E-state index in [1.165, 1.54) is 18.2 Å². The van der Waals surface area contributed by atoms with Crippen molar-refractivity contribution in [1.82, 2.24) is 15.0 Å². The number of carbonyl (C=O) groups excluding carboxylic acids is 1. The van der Waals surface area contributed by atoms with Crippen molar-refractivity contribution in [2.75, 3.05) is 31.1 Å². The molecule has 0 bridgehead atoms. The van der Waals surface area contributed by atoms with Crippen molar-refractivity contribution in [1.29, 1.82) is 0 Å². The number of halogens is 1. The van der Waals surface area contributed by atoms with Gasteiger partial charge in [-0.05, 0) is 40.6 Å². The largest absolute Gasteiger partial charge is 0.336 e. The molecule has 160 valence electrons. The minimum atomic E-state index is -0.323. The van der Waals surface area contributed by atoms with Gasteiger partial charge >= 0.3 is 6.01 Å². The Hall–Kier alpha value is -4.00. The van der Waals surface area contributed by atoms with Crippen molar-refractivity contribution in [2.45, 2.75) is 0 Å². The lowest BCUT2D eigenvalue weighted by atomic mass is 10.1. The highest BCUT2D eigenvalue weighted by Gasteiger charge is 2.23. The first-order chi connectivity index (χ1) is 15.7. The Bertz CT molecular complexity index is 1290. The van der Waals surface area contributed by atoms with Gasteiger partial charge in [0.2, 0.25) is 11.7 Å². The highest BCUT2D eigenvalue weighted by atomic mass is 19.1. The highest BCUT2D eigenvalue weighted by Crippen LogP contribution is 2.24. The molecule has 6 nitrogen and oxygen atoms in total. The molecule has 1 aliphatic rings. The van der Waals surface area contributed by atoms with Gasteiger partial charge in [-0.25, -0.2) is 4.39 Å². The maximum absolute atomic E-state index is 13.3. The molecular formula is C25H21FN4O2. The molecule has 4 aromatic rings. The van der Waals surface area contributed by atoms with Crippen LogP contribution in [0, 0.1) is 5.82 Å². The summed E-state index contributed by atoms with van der Waals surface area (Å²) < 4.78 is 18.8. The number of hydrogen-bond donors (Lipinski definition) is 0. The van der Waals surface area contributed by atoms with Gasteiger partial charge in [0.25, 0.3) is 0 Å². The van der Waals surface area contributed by atoms with Gasteiger partial charge in [0, 0.05) is 37.8 Å². The van der Waals surface area contributed by atoms with Crippen molar-refractivity contribution in [3.8, 4) is 11.4 Å². The van der Waals surface area contributed by atoms with Crippen LogP contribution in [0.25, 0.3) is 28.2 Å². The molecule has 1 amide bonds. The van der Waals surface area contributed by atoms with Crippen LogP contribution in [0.15, 0.2) is 77.3 Å². The normalized spacial score (nSPS) is 14.4. The predicted octanol–water partition coefficient (Wildman–Crippen LogP) is 4.39. The monoisotopic (exact) mass is 428 g/mol. The molecule has 1 aromatic heterocycles. The maximum Gasteiger partial charge on any atom is 0.324 e. The molecule has 0 aliphatic carbocycles. The summed E-state index contributed by atoms with van der Waals surface area (Å²) in [6, 6.07) is 20.8. The van der Waals surface area contributed by atoms with Crippen molar-refractivity contribution >= 4 is 28.8 Å². The second-order valence-corrected chi connectivity index (χ2v) is 7.66. The molecule has 2 heterocycles. The molecule has 7 heteroatoms. The van der Waals surface area contributed by atoms with Gasteiger partial charge in [0.05, 0.1) is 0 Å². The zero-order chi connectivity index (χ0) is 21.9. The van der Waals surface area contributed by atoms with E-state index in [1.54, 1.807) is 23.1 Å². The van der Waals surface area contributed by atoms with E-state index < -0.39 is 0 Å². The third-order valence-corrected chi connectivity index (χ3v) is 5.55. The first-order valence-corrected chi connectivity index (χ1v) is 10.5. The fourth-order valence-corrected chi connectivity index (χ4v) is 3.79. The predicted molar refractivity (Wildman–Crippen MR) is 121 cm³/mol. The Morgan fingerprint density at radius 2 is 1.75 bits per heavy atom. The molecule has 0 spiro atoms. The van der Waals surface area contributed by atoms with Crippen LogP contribution in [-0.4, -0.2) is 47.1 Å². The highest BCUT2D eigenvalue weighted by molar-refractivity contribution is 5.92. The molecule has 0 N–H and O–H groups in total. The van der Waals surface area contributed by atoms with Gasteiger partial charge in [-0.1, -0.05) is 53.7 Å². The lowest BCUT2D eigenvalue weighted by Crippen LogP contribution is -2.48. The van der Waals surface area contributed by atoms with Crippen LogP contribution in [0.1, 0.15) is 5.56 Å². The third kappa shape index (κ3) is 4.23. The Morgan fingerprint density at radius 3 is 2.56 bits per heavy atom. The molecule has 5 rings (SSSR count). The number of fused-ring (bicyclic) bond motifs is 1. The zero-order valence-electron chi connectivity index (χ0n) is 17.3. The molecule has 0 unspecified atom stereocenters. The lowest BCUT2D eigenvalue weighted by molar-refractivity contribution is -0.126. The average molecular weight is 428 g/mol. The lowest BCUT2D eigenvalue weighted by Gasteiger charge is -2.32. The van der Waals surface area contributed by atoms with Gasteiger partial charge in [0.15, 0.2) is 0 Å². The molecule has 0 atom stereocenters. The number of piperazine rings is 1. The van der Waals surface area contributed by atoms with E-state index in [2.05, 4.69) is 22.3 Å². The smallest absolute Gasteiger partial charge is 0.324 e. The fourth-order valence-electron chi connectivity index (χ4n) is 3.79. The summed E-state index contributed by atoms with van der Waals surface area (Å²) in [5.41, 5.74) is 1.55. The Kier molecular flexibility index (Phi) is 5.37. The van der Waals surface area contributed by atoms with E-state index in [0.717, 1.165) is 16.3 Å². The molecule has 0 radical (unpaired) electrons. The number of amides is 1. The summed E-state index contributed by atoms with van der Waals surface area (Å²) in [7, 11) is 0. The standard InChI is InChI=1S/C25H21FN4O2/c26-22-7-3-4-18(16-22)8-11-23(31)29-12-14-30(15-13-29)25-27-24(28-32-25)21-10-9-19-5-1-2-6-20(19)17-21/h1-11,16-17H,12-15H2/b11-8+. The number of benzene rings is 3. The molecule has 1 saturated heterocycles. The quantitative estimate of drug-likeness (QED) is 0.451. The average Bonchev–Trinajstić information content (AvgIpc) is 3.33. The number of hydrogen-bond acceptors (Lipinski definition) is 5.